The summed E-state index contributed by atoms with van der Waals surface area (Å²) in [6.07, 6.45) is 3.28. The molecular formula is C24H21ClN4O4. The van der Waals surface area contributed by atoms with Gasteiger partial charge in [0, 0.05) is 35.6 Å². The van der Waals surface area contributed by atoms with Crippen LogP contribution in [0.15, 0.2) is 60.9 Å². The normalized spacial score (nSPS) is 19.8. The second-order valence-electron chi connectivity index (χ2n) is 8.18. The van der Waals surface area contributed by atoms with Crippen molar-refractivity contribution in [2.45, 2.75) is 18.9 Å². The Balaban J connectivity index is 1.32. The van der Waals surface area contributed by atoms with Crippen molar-refractivity contribution >= 4 is 29.3 Å². The quantitative estimate of drug-likeness (QED) is 0.566. The number of aryl methyl sites for hydroxylation is 1. The summed E-state index contributed by atoms with van der Waals surface area (Å²) in [5.74, 6) is 0.478. The first kappa shape index (κ1) is 21.2. The smallest absolute Gasteiger partial charge is 0.415 e. The summed E-state index contributed by atoms with van der Waals surface area (Å²) < 4.78 is 11.6. The van der Waals surface area contributed by atoms with E-state index in [0.717, 1.165) is 5.69 Å². The predicted octanol–water partition coefficient (Wildman–Crippen LogP) is 4.47. The number of rotatable bonds is 4. The lowest BCUT2D eigenvalue weighted by atomic mass is 10.0. The number of ether oxygens (including phenoxy) is 2. The van der Waals surface area contributed by atoms with E-state index >= 15 is 0 Å². The number of nitrogens with zero attached hydrogens (tertiary/aromatic N) is 4. The minimum absolute atomic E-state index is 0.209. The topological polar surface area (TPSA) is 84.9 Å². The molecule has 2 aromatic heterocycles. The van der Waals surface area contributed by atoms with Crippen molar-refractivity contribution < 1.29 is 19.1 Å². The minimum Gasteiger partial charge on any atom is -0.439 e. The maximum atomic E-state index is 13.3. The van der Waals surface area contributed by atoms with Crippen LogP contribution in [-0.2, 0) is 4.74 Å². The van der Waals surface area contributed by atoms with Gasteiger partial charge in [-0.05, 0) is 55.5 Å². The molecule has 33 heavy (non-hydrogen) atoms. The zero-order chi connectivity index (χ0) is 23.0. The fourth-order valence-corrected chi connectivity index (χ4v) is 4.23. The summed E-state index contributed by atoms with van der Waals surface area (Å²) in [5.41, 5.74) is 1.16. The average Bonchev–Trinajstić information content (AvgIpc) is 3.38. The van der Waals surface area contributed by atoms with Crippen LogP contribution in [0.2, 0.25) is 5.02 Å². The van der Waals surface area contributed by atoms with Gasteiger partial charge in [-0.3, -0.25) is 14.7 Å². The zero-order valence-corrected chi connectivity index (χ0v) is 18.7. The number of hydrogen-bond acceptors (Lipinski definition) is 6. The Hall–Kier alpha value is -3.65. The van der Waals surface area contributed by atoms with E-state index in [1.807, 2.05) is 13.0 Å². The van der Waals surface area contributed by atoms with Gasteiger partial charge >= 0.3 is 6.09 Å². The highest BCUT2D eigenvalue weighted by Crippen LogP contribution is 2.36. The summed E-state index contributed by atoms with van der Waals surface area (Å²) in [7, 11) is 0. The third kappa shape index (κ3) is 4.21. The molecule has 0 aliphatic carbocycles. The van der Waals surface area contributed by atoms with E-state index in [9.17, 15) is 9.59 Å². The molecule has 9 heteroatoms. The predicted molar refractivity (Wildman–Crippen MR) is 122 cm³/mol. The van der Waals surface area contributed by atoms with Crippen molar-refractivity contribution in [1.82, 2.24) is 14.9 Å². The molecular weight excluding hydrogens is 444 g/mol. The Kier molecular flexibility index (Phi) is 5.38. The van der Waals surface area contributed by atoms with E-state index in [-0.39, 0.29) is 11.8 Å². The summed E-state index contributed by atoms with van der Waals surface area (Å²) >= 11 is 5.96. The third-order valence-corrected chi connectivity index (χ3v) is 6.06. The summed E-state index contributed by atoms with van der Waals surface area (Å²) in [6.45, 7) is 3.00. The van der Waals surface area contributed by atoms with Crippen LogP contribution >= 0.6 is 11.6 Å². The Morgan fingerprint density at radius 3 is 2.70 bits per heavy atom. The Bertz CT molecular complexity index is 1200. The SMILES string of the molecule is Cc1ccc(Oc2ncccc2C(=O)N2CC[C@]3(C2)CN(c2ccc(Cl)cc2)C(=O)O3)cn1. The van der Waals surface area contributed by atoms with E-state index in [4.69, 9.17) is 21.1 Å². The van der Waals surface area contributed by atoms with E-state index in [1.165, 1.54) is 0 Å². The second-order valence-corrected chi connectivity index (χ2v) is 8.62. The summed E-state index contributed by atoms with van der Waals surface area (Å²) in [4.78, 5) is 37.6. The van der Waals surface area contributed by atoms with Gasteiger partial charge in [-0.15, -0.1) is 0 Å². The molecule has 0 saturated carbocycles. The van der Waals surface area contributed by atoms with Crippen LogP contribution in [0.25, 0.3) is 0 Å². The molecule has 2 fully saturated rings. The highest BCUT2D eigenvalue weighted by molar-refractivity contribution is 6.30. The van der Waals surface area contributed by atoms with Crippen LogP contribution in [0.4, 0.5) is 10.5 Å². The second kappa shape index (κ2) is 8.37. The molecule has 2 aliphatic rings. The molecule has 8 nitrogen and oxygen atoms in total. The van der Waals surface area contributed by atoms with Crippen LogP contribution in [-0.4, -0.2) is 52.1 Å². The summed E-state index contributed by atoms with van der Waals surface area (Å²) in [5, 5.41) is 0.592. The van der Waals surface area contributed by atoms with E-state index in [0.29, 0.717) is 48.1 Å². The average molecular weight is 465 g/mol. The largest absolute Gasteiger partial charge is 0.439 e. The molecule has 5 rings (SSSR count). The number of pyridine rings is 2. The fraction of sp³-hybridized carbons (Fsp3) is 0.250. The molecule has 2 amide bonds. The number of aromatic nitrogens is 2. The van der Waals surface area contributed by atoms with Crippen molar-refractivity contribution in [3.63, 3.8) is 0 Å². The van der Waals surface area contributed by atoms with Gasteiger partial charge in [0.25, 0.3) is 5.91 Å². The number of likely N-dealkylation sites (tertiary alicyclic amines) is 1. The molecule has 1 aromatic carbocycles. The molecule has 2 aliphatic heterocycles. The first-order valence-corrected chi connectivity index (χ1v) is 10.9. The maximum Gasteiger partial charge on any atom is 0.415 e. The lowest BCUT2D eigenvalue weighted by Gasteiger charge is -2.22. The molecule has 168 valence electrons. The fourth-order valence-electron chi connectivity index (χ4n) is 4.10. The number of halogens is 1. The standard InChI is InChI=1S/C24H21ClN4O4/c1-16-4-9-19(13-27-16)32-21-20(3-2-11-26-21)22(30)28-12-10-24(14-28)15-29(23(31)33-24)18-7-5-17(25)6-8-18/h2-9,11,13H,10,12,14-15H2,1H3/t24-/m0/s1. The monoisotopic (exact) mass is 464 g/mol. The molecule has 1 spiro atoms. The van der Waals surface area contributed by atoms with E-state index < -0.39 is 11.7 Å². The number of benzene rings is 1. The minimum atomic E-state index is -0.753. The van der Waals surface area contributed by atoms with Gasteiger partial charge in [-0.2, -0.15) is 0 Å². The molecule has 1 atom stereocenters. The molecule has 2 saturated heterocycles. The molecule has 4 heterocycles. The van der Waals surface area contributed by atoms with Crippen LogP contribution in [0.5, 0.6) is 11.6 Å². The van der Waals surface area contributed by atoms with Crippen molar-refractivity contribution in [2.75, 3.05) is 24.5 Å². The number of carbonyl (C=O) groups excluding carboxylic acids is 2. The van der Waals surface area contributed by atoms with Gasteiger partial charge < -0.3 is 14.4 Å². The van der Waals surface area contributed by atoms with Crippen LogP contribution < -0.4 is 9.64 Å². The number of carbonyl (C=O) groups is 2. The number of anilines is 1. The van der Waals surface area contributed by atoms with Gasteiger partial charge in [0.05, 0.1) is 19.3 Å². The Morgan fingerprint density at radius 1 is 1.12 bits per heavy atom. The molecule has 0 radical (unpaired) electrons. The van der Waals surface area contributed by atoms with Gasteiger partial charge in [0.15, 0.2) is 5.60 Å². The molecule has 0 bridgehead atoms. The van der Waals surface area contributed by atoms with Crippen molar-refractivity contribution in [3.05, 3.63) is 77.2 Å². The molecule has 0 unspecified atom stereocenters. The summed E-state index contributed by atoms with van der Waals surface area (Å²) in [6, 6.07) is 14.0. The maximum absolute atomic E-state index is 13.3. The van der Waals surface area contributed by atoms with Crippen LogP contribution in [0.3, 0.4) is 0 Å². The highest BCUT2D eigenvalue weighted by atomic mass is 35.5. The Labute approximate surface area is 195 Å². The van der Waals surface area contributed by atoms with Crippen molar-refractivity contribution in [1.29, 1.82) is 0 Å². The Morgan fingerprint density at radius 2 is 1.94 bits per heavy atom. The third-order valence-electron chi connectivity index (χ3n) is 5.81. The van der Waals surface area contributed by atoms with Crippen molar-refractivity contribution in [3.8, 4) is 11.6 Å². The number of amides is 2. The zero-order valence-electron chi connectivity index (χ0n) is 17.9. The van der Waals surface area contributed by atoms with E-state index in [2.05, 4.69) is 9.97 Å². The van der Waals surface area contributed by atoms with Crippen LogP contribution in [0, 0.1) is 6.92 Å². The van der Waals surface area contributed by atoms with E-state index in [1.54, 1.807) is 64.7 Å². The van der Waals surface area contributed by atoms with Gasteiger partial charge in [-0.1, -0.05) is 11.6 Å². The number of hydrogen-bond donors (Lipinski definition) is 0. The van der Waals surface area contributed by atoms with Crippen molar-refractivity contribution in [2.24, 2.45) is 0 Å². The first-order chi connectivity index (χ1) is 15.9. The lowest BCUT2D eigenvalue weighted by Crippen LogP contribution is -2.39. The molecule has 3 aromatic rings. The van der Waals surface area contributed by atoms with Crippen LogP contribution in [0.1, 0.15) is 22.5 Å². The first-order valence-electron chi connectivity index (χ1n) is 10.5. The molecule has 0 N–H and O–H groups in total. The highest BCUT2D eigenvalue weighted by Gasteiger charge is 2.51. The van der Waals surface area contributed by atoms with Gasteiger partial charge in [-0.25, -0.2) is 9.78 Å². The van der Waals surface area contributed by atoms with Gasteiger partial charge in [0.1, 0.15) is 11.3 Å². The lowest BCUT2D eigenvalue weighted by molar-refractivity contribution is 0.0552. The van der Waals surface area contributed by atoms with Gasteiger partial charge in [0.2, 0.25) is 5.88 Å².